The monoisotopic (exact) mass is 334 g/mol. The number of benzene rings is 1. The van der Waals surface area contributed by atoms with Crippen LogP contribution in [-0.4, -0.2) is 39.4 Å². The number of rotatable bonds is 6. The molecule has 0 atom stereocenters. The summed E-state index contributed by atoms with van der Waals surface area (Å²) in [6.07, 6.45) is 9.03. The molecule has 4 rings (SSSR count). The van der Waals surface area contributed by atoms with Gasteiger partial charge >= 0.3 is 0 Å². The third kappa shape index (κ3) is 3.79. The number of anilines is 2. The van der Waals surface area contributed by atoms with E-state index in [2.05, 4.69) is 43.6 Å². The molecule has 1 saturated heterocycles. The van der Waals surface area contributed by atoms with Crippen LogP contribution in [0.15, 0.2) is 55.1 Å². The predicted molar refractivity (Wildman–Crippen MR) is 99.2 cm³/mol. The number of aromatic nitrogens is 4. The van der Waals surface area contributed by atoms with Gasteiger partial charge in [0.2, 0.25) is 0 Å². The molecule has 1 aliphatic heterocycles. The summed E-state index contributed by atoms with van der Waals surface area (Å²) < 4.78 is 1.91. The summed E-state index contributed by atoms with van der Waals surface area (Å²) in [5, 5.41) is 7.83. The molecule has 6 heteroatoms. The Hall–Kier alpha value is -2.89. The highest BCUT2D eigenvalue weighted by molar-refractivity contribution is 5.49. The van der Waals surface area contributed by atoms with Gasteiger partial charge in [-0.15, -0.1) is 0 Å². The second kappa shape index (κ2) is 7.34. The minimum Gasteiger partial charge on any atom is -0.370 e. The van der Waals surface area contributed by atoms with Crippen LogP contribution >= 0.6 is 0 Å². The lowest BCUT2D eigenvalue weighted by Gasteiger charge is -2.16. The van der Waals surface area contributed by atoms with Crippen LogP contribution in [-0.2, 0) is 6.42 Å². The van der Waals surface area contributed by atoms with E-state index in [9.17, 15) is 0 Å². The summed E-state index contributed by atoms with van der Waals surface area (Å²) in [5.41, 5.74) is 2.28. The third-order valence-electron chi connectivity index (χ3n) is 4.46. The average molecular weight is 334 g/mol. The van der Waals surface area contributed by atoms with Gasteiger partial charge in [0.1, 0.15) is 18.0 Å². The summed E-state index contributed by atoms with van der Waals surface area (Å²) in [6, 6.07) is 12.2. The van der Waals surface area contributed by atoms with E-state index in [1.54, 1.807) is 6.33 Å². The zero-order valence-electron chi connectivity index (χ0n) is 14.2. The lowest BCUT2D eigenvalue weighted by atomic mass is 10.2. The largest absolute Gasteiger partial charge is 0.370 e. The second-order valence-electron chi connectivity index (χ2n) is 6.26. The van der Waals surface area contributed by atoms with Gasteiger partial charge < -0.3 is 10.2 Å². The van der Waals surface area contributed by atoms with Crippen molar-refractivity contribution in [2.24, 2.45) is 0 Å². The van der Waals surface area contributed by atoms with Crippen molar-refractivity contribution in [1.29, 1.82) is 0 Å². The van der Waals surface area contributed by atoms with E-state index >= 15 is 0 Å². The first-order chi connectivity index (χ1) is 12.4. The predicted octanol–water partition coefficient (Wildman–Crippen LogP) is 2.92. The summed E-state index contributed by atoms with van der Waals surface area (Å²) >= 11 is 0. The Bertz CT molecular complexity index is 808. The van der Waals surface area contributed by atoms with Crippen LogP contribution in [0.5, 0.6) is 0 Å². The first-order valence-corrected chi connectivity index (χ1v) is 8.78. The van der Waals surface area contributed by atoms with E-state index in [1.165, 1.54) is 18.4 Å². The number of hydrogen-bond acceptors (Lipinski definition) is 5. The fourth-order valence-corrected chi connectivity index (χ4v) is 3.11. The molecular formula is C19H22N6. The number of hydrogen-bond donors (Lipinski definition) is 1. The summed E-state index contributed by atoms with van der Waals surface area (Å²) in [5.74, 6) is 1.90. The summed E-state index contributed by atoms with van der Waals surface area (Å²) in [7, 11) is 0. The van der Waals surface area contributed by atoms with E-state index in [0.717, 1.165) is 43.4 Å². The van der Waals surface area contributed by atoms with Crippen molar-refractivity contribution >= 4 is 11.6 Å². The highest BCUT2D eigenvalue weighted by Gasteiger charge is 2.13. The maximum atomic E-state index is 4.44. The minimum absolute atomic E-state index is 0.816. The molecule has 0 spiro atoms. The lowest BCUT2D eigenvalue weighted by molar-refractivity contribution is 0.879. The quantitative estimate of drug-likeness (QED) is 0.751. The zero-order valence-corrected chi connectivity index (χ0v) is 14.2. The molecule has 0 bridgehead atoms. The molecule has 25 heavy (non-hydrogen) atoms. The van der Waals surface area contributed by atoms with Crippen molar-refractivity contribution in [3.05, 3.63) is 60.7 Å². The summed E-state index contributed by atoms with van der Waals surface area (Å²) in [6.45, 7) is 3.00. The van der Waals surface area contributed by atoms with Gasteiger partial charge in [-0.05, 0) is 37.0 Å². The van der Waals surface area contributed by atoms with Crippen LogP contribution in [0.25, 0.3) is 5.69 Å². The first-order valence-electron chi connectivity index (χ1n) is 8.78. The summed E-state index contributed by atoms with van der Waals surface area (Å²) in [4.78, 5) is 11.0. The fourth-order valence-electron chi connectivity index (χ4n) is 3.11. The highest BCUT2D eigenvalue weighted by Crippen LogP contribution is 2.19. The van der Waals surface area contributed by atoms with E-state index in [1.807, 2.05) is 35.1 Å². The Kier molecular flexibility index (Phi) is 4.59. The molecule has 3 heterocycles. The second-order valence-corrected chi connectivity index (χ2v) is 6.26. The highest BCUT2D eigenvalue weighted by atomic mass is 15.3. The molecule has 0 saturated carbocycles. The topological polar surface area (TPSA) is 58.9 Å². The van der Waals surface area contributed by atoms with E-state index in [-0.39, 0.29) is 0 Å². The first kappa shape index (κ1) is 15.6. The van der Waals surface area contributed by atoms with Gasteiger partial charge in [-0.2, -0.15) is 5.10 Å². The Morgan fingerprint density at radius 2 is 1.88 bits per heavy atom. The normalized spacial score (nSPS) is 14.0. The van der Waals surface area contributed by atoms with Gasteiger partial charge in [0.15, 0.2) is 0 Å². The van der Waals surface area contributed by atoms with E-state index in [0.29, 0.717) is 0 Å². The van der Waals surface area contributed by atoms with Crippen LogP contribution in [0.1, 0.15) is 18.4 Å². The average Bonchev–Trinajstić information content (AvgIpc) is 3.35. The maximum absolute atomic E-state index is 4.44. The van der Waals surface area contributed by atoms with Gasteiger partial charge in [-0.3, -0.25) is 0 Å². The van der Waals surface area contributed by atoms with Crippen molar-refractivity contribution in [3.63, 3.8) is 0 Å². The van der Waals surface area contributed by atoms with Crippen LogP contribution < -0.4 is 10.2 Å². The van der Waals surface area contributed by atoms with Gasteiger partial charge in [-0.1, -0.05) is 18.2 Å². The minimum atomic E-state index is 0.816. The van der Waals surface area contributed by atoms with Crippen molar-refractivity contribution < 1.29 is 0 Å². The number of para-hydroxylation sites is 1. The molecule has 2 aromatic heterocycles. The standard InChI is InChI=1S/C19H22N6/c1-2-6-17(7-3-1)25-14-16(13-23-25)8-9-20-18-12-19(22-15-21-18)24-10-4-5-11-24/h1-3,6-7,12-15H,4-5,8-11H2,(H,20,21,22). The molecule has 128 valence electrons. The zero-order chi connectivity index (χ0) is 16.9. The number of nitrogens with one attached hydrogen (secondary N) is 1. The molecule has 6 nitrogen and oxygen atoms in total. The Balaban J connectivity index is 1.34. The van der Waals surface area contributed by atoms with Gasteiger partial charge in [0.25, 0.3) is 0 Å². The molecule has 3 aromatic rings. The Morgan fingerprint density at radius 1 is 1.04 bits per heavy atom. The van der Waals surface area contributed by atoms with Crippen molar-refractivity contribution in [1.82, 2.24) is 19.7 Å². The Labute approximate surface area is 147 Å². The molecule has 0 aliphatic carbocycles. The van der Waals surface area contributed by atoms with Crippen molar-refractivity contribution in [2.75, 3.05) is 29.9 Å². The van der Waals surface area contributed by atoms with E-state index in [4.69, 9.17) is 0 Å². The smallest absolute Gasteiger partial charge is 0.134 e. The molecule has 1 aliphatic rings. The third-order valence-corrected chi connectivity index (χ3v) is 4.46. The van der Waals surface area contributed by atoms with Crippen molar-refractivity contribution in [2.45, 2.75) is 19.3 Å². The SMILES string of the molecule is c1ccc(-n2cc(CCNc3cc(N4CCCC4)ncn3)cn2)cc1. The fraction of sp³-hybridized carbons (Fsp3) is 0.316. The molecule has 0 radical (unpaired) electrons. The lowest BCUT2D eigenvalue weighted by Crippen LogP contribution is -2.19. The molecule has 1 aromatic carbocycles. The van der Waals surface area contributed by atoms with E-state index < -0.39 is 0 Å². The van der Waals surface area contributed by atoms with Crippen LogP contribution in [0.2, 0.25) is 0 Å². The van der Waals surface area contributed by atoms with Gasteiger partial charge in [0, 0.05) is 31.9 Å². The molecule has 1 fully saturated rings. The Morgan fingerprint density at radius 3 is 2.72 bits per heavy atom. The van der Waals surface area contributed by atoms with Crippen LogP contribution in [0.4, 0.5) is 11.6 Å². The number of nitrogens with zero attached hydrogens (tertiary/aromatic N) is 5. The molecular weight excluding hydrogens is 312 g/mol. The molecule has 0 amide bonds. The van der Waals surface area contributed by atoms with Crippen molar-refractivity contribution in [3.8, 4) is 5.69 Å². The molecule has 1 N–H and O–H groups in total. The molecule has 0 unspecified atom stereocenters. The van der Waals surface area contributed by atoms with Crippen LogP contribution in [0.3, 0.4) is 0 Å². The van der Waals surface area contributed by atoms with Gasteiger partial charge in [0.05, 0.1) is 11.9 Å². The van der Waals surface area contributed by atoms with Gasteiger partial charge in [-0.25, -0.2) is 14.6 Å². The van der Waals surface area contributed by atoms with Crippen LogP contribution in [0, 0.1) is 0 Å². The maximum Gasteiger partial charge on any atom is 0.134 e.